The van der Waals surface area contributed by atoms with Crippen molar-refractivity contribution < 1.29 is 18.8 Å². The number of benzene rings is 1. The molecule has 0 radical (unpaired) electrons. The van der Waals surface area contributed by atoms with Crippen LogP contribution in [0, 0.1) is 0 Å². The Hall–Kier alpha value is -3.35. The SMILES string of the molecule is [N-]=[N+]=CC(=O)[C@H]1[C@H](c2cccs2)CC(=O)N1c1ccc2oc(=O)ccc2c1. The molecule has 2 atom stereocenters. The van der Waals surface area contributed by atoms with Crippen LogP contribution >= 0.6 is 11.3 Å². The van der Waals surface area contributed by atoms with E-state index in [2.05, 4.69) is 4.79 Å². The highest BCUT2D eigenvalue weighted by molar-refractivity contribution is 7.10. The summed E-state index contributed by atoms with van der Waals surface area (Å²) >= 11 is 1.48. The Bertz CT molecular complexity index is 1150. The van der Waals surface area contributed by atoms with Gasteiger partial charge in [-0.25, -0.2) is 4.79 Å². The average Bonchev–Trinajstić information content (AvgIpc) is 3.29. The maximum Gasteiger partial charge on any atom is 0.336 e. The van der Waals surface area contributed by atoms with Gasteiger partial charge in [0.15, 0.2) is 0 Å². The molecule has 0 spiro atoms. The second kappa shape index (κ2) is 6.75. The first kappa shape index (κ1) is 17.1. The molecule has 3 aromatic rings. The molecule has 0 bridgehead atoms. The summed E-state index contributed by atoms with van der Waals surface area (Å²) in [7, 11) is 0. The Morgan fingerprint density at radius 1 is 1.26 bits per heavy atom. The molecule has 0 unspecified atom stereocenters. The van der Waals surface area contributed by atoms with Crippen LogP contribution in [0.1, 0.15) is 17.2 Å². The lowest BCUT2D eigenvalue weighted by atomic mass is 9.95. The van der Waals surface area contributed by atoms with E-state index >= 15 is 0 Å². The van der Waals surface area contributed by atoms with Crippen molar-refractivity contribution in [3.63, 3.8) is 0 Å². The van der Waals surface area contributed by atoms with Gasteiger partial charge in [-0.15, -0.1) is 11.3 Å². The number of hydrogen-bond donors (Lipinski definition) is 0. The third-order valence-electron chi connectivity index (χ3n) is 4.59. The molecule has 134 valence electrons. The van der Waals surface area contributed by atoms with Crippen LogP contribution in [0.3, 0.4) is 0 Å². The summed E-state index contributed by atoms with van der Waals surface area (Å²) < 4.78 is 5.12. The van der Waals surface area contributed by atoms with Crippen molar-refractivity contribution >= 4 is 45.9 Å². The van der Waals surface area contributed by atoms with Gasteiger partial charge in [0.05, 0.1) is 0 Å². The second-order valence-corrected chi connectivity index (χ2v) is 7.14. The number of anilines is 1. The number of nitrogens with zero attached hydrogens (tertiary/aromatic N) is 3. The number of Topliss-reactive ketones (excluding diaryl/α,β-unsaturated/α-hetero) is 1. The van der Waals surface area contributed by atoms with Crippen LogP contribution in [-0.2, 0) is 9.59 Å². The molecule has 0 saturated carbocycles. The highest BCUT2D eigenvalue weighted by Crippen LogP contribution is 2.40. The van der Waals surface area contributed by atoms with E-state index in [4.69, 9.17) is 9.95 Å². The van der Waals surface area contributed by atoms with E-state index in [-0.39, 0.29) is 18.2 Å². The minimum atomic E-state index is -0.805. The summed E-state index contributed by atoms with van der Waals surface area (Å²) in [5, 5.41) is 2.53. The minimum absolute atomic E-state index is 0.179. The summed E-state index contributed by atoms with van der Waals surface area (Å²) in [4.78, 5) is 42.0. The molecule has 3 heterocycles. The molecule has 0 aliphatic carbocycles. The van der Waals surface area contributed by atoms with Crippen molar-refractivity contribution in [1.29, 1.82) is 0 Å². The smallest absolute Gasteiger partial charge is 0.336 e. The maximum absolute atomic E-state index is 12.8. The molecule has 1 fully saturated rings. The zero-order valence-electron chi connectivity index (χ0n) is 13.9. The predicted molar refractivity (Wildman–Crippen MR) is 100 cm³/mol. The number of thiophene rings is 1. The van der Waals surface area contributed by atoms with E-state index in [1.54, 1.807) is 24.3 Å². The Morgan fingerprint density at radius 3 is 2.85 bits per heavy atom. The first-order valence-electron chi connectivity index (χ1n) is 8.19. The highest BCUT2D eigenvalue weighted by Gasteiger charge is 2.46. The molecule has 1 aromatic carbocycles. The first-order valence-corrected chi connectivity index (χ1v) is 9.07. The van der Waals surface area contributed by atoms with E-state index in [9.17, 15) is 14.4 Å². The molecule has 7 nitrogen and oxygen atoms in total. The van der Waals surface area contributed by atoms with Crippen LogP contribution in [0.15, 0.2) is 57.1 Å². The fourth-order valence-corrected chi connectivity index (χ4v) is 4.32. The van der Waals surface area contributed by atoms with Crippen LogP contribution in [0.4, 0.5) is 5.69 Å². The zero-order valence-corrected chi connectivity index (χ0v) is 14.8. The van der Waals surface area contributed by atoms with Gasteiger partial charge in [0.2, 0.25) is 5.91 Å². The third kappa shape index (κ3) is 3.01. The van der Waals surface area contributed by atoms with Crippen molar-refractivity contribution in [2.45, 2.75) is 18.4 Å². The molecule has 1 amide bonds. The molecular weight excluding hydrogens is 366 g/mol. The van der Waals surface area contributed by atoms with Crippen molar-refractivity contribution in [3.05, 3.63) is 68.7 Å². The predicted octanol–water partition coefficient (Wildman–Crippen LogP) is 2.61. The third-order valence-corrected chi connectivity index (χ3v) is 5.59. The molecule has 0 N–H and O–H groups in total. The van der Waals surface area contributed by atoms with E-state index in [1.807, 2.05) is 17.5 Å². The fraction of sp³-hybridized carbons (Fsp3) is 0.158. The summed E-state index contributed by atoms with van der Waals surface area (Å²) in [6.07, 6.45) is 1.01. The number of ketones is 1. The van der Waals surface area contributed by atoms with Gasteiger partial charge in [-0.05, 0) is 35.7 Å². The fourth-order valence-electron chi connectivity index (χ4n) is 3.46. The zero-order chi connectivity index (χ0) is 19.0. The number of hydrogen-bond acceptors (Lipinski definition) is 5. The molecule has 4 rings (SSSR count). The second-order valence-electron chi connectivity index (χ2n) is 6.16. The monoisotopic (exact) mass is 379 g/mol. The summed E-state index contributed by atoms with van der Waals surface area (Å²) in [5.41, 5.74) is 9.26. The van der Waals surface area contributed by atoms with E-state index < -0.39 is 17.5 Å². The molecule has 2 aromatic heterocycles. The lowest BCUT2D eigenvalue weighted by molar-refractivity contribution is -0.120. The number of amides is 1. The number of carbonyl (C=O) groups excluding carboxylic acids is 2. The Kier molecular flexibility index (Phi) is 4.27. The van der Waals surface area contributed by atoms with E-state index in [0.29, 0.717) is 16.7 Å². The van der Waals surface area contributed by atoms with E-state index in [0.717, 1.165) is 11.1 Å². The first-order chi connectivity index (χ1) is 13.1. The van der Waals surface area contributed by atoms with Crippen LogP contribution in [-0.4, -0.2) is 28.7 Å². The van der Waals surface area contributed by atoms with Crippen LogP contribution in [0.5, 0.6) is 0 Å². The van der Waals surface area contributed by atoms with Gasteiger partial charge in [-0.3, -0.25) is 9.59 Å². The standard InChI is InChI=1S/C19H13N3O4S/c20-21-10-14(23)19-13(16-2-1-7-27-16)9-17(24)22(19)12-4-5-15-11(8-12)3-6-18(25)26-15/h1-8,10,13,19H,9H2/t13-,19+/m0/s1. The average molecular weight is 379 g/mol. The molecule has 1 aliphatic rings. The number of carbonyl (C=O) groups is 2. The molecule has 8 heteroatoms. The van der Waals surface area contributed by atoms with Gasteiger partial charge in [-0.1, -0.05) is 6.07 Å². The molecule has 1 aliphatic heterocycles. The van der Waals surface area contributed by atoms with Crippen molar-refractivity contribution in [1.82, 2.24) is 0 Å². The molecular formula is C19H13N3O4S. The lowest BCUT2D eigenvalue weighted by Crippen LogP contribution is -2.41. The van der Waals surface area contributed by atoms with Gasteiger partial charge in [0.25, 0.3) is 5.78 Å². The highest BCUT2D eigenvalue weighted by atomic mass is 32.1. The lowest BCUT2D eigenvalue weighted by Gasteiger charge is -2.25. The largest absolute Gasteiger partial charge is 0.423 e. The van der Waals surface area contributed by atoms with Crippen molar-refractivity contribution in [3.8, 4) is 0 Å². The normalized spacial score (nSPS) is 19.3. The van der Waals surface area contributed by atoms with Gasteiger partial charge >= 0.3 is 11.8 Å². The van der Waals surface area contributed by atoms with Crippen molar-refractivity contribution in [2.75, 3.05) is 4.90 Å². The summed E-state index contributed by atoms with van der Waals surface area (Å²) in [6.45, 7) is 0. The van der Waals surface area contributed by atoms with Crippen LogP contribution in [0.2, 0.25) is 0 Å². The van der Waals surface area contributed by atoms with Crippen LogP contribution < -0.4 is 10.5 Å². The Morgan fingerprint density at radius 2 is 2.11 bits per heavy atom. The van der Waals surface area contributed by atoms with Crippen LogP contribution in [0.25, 0.3) is 16.5 Å². The maximum atomic E-state index is 12.8. The van der Waals surface area contributed by atoms with Gasteiger partial charge < -0.3 is 14.8 Å². The Balaban J connectivity index is 1.82. The molecule has 1 saturated heterocycles. The van der Waals surface area contributed by atoms with Gasteiger partial charge in [-0.2, -0.15) is 4.79 Å². The topological polar surface area (TPSA) is 104 Å². The number of rotatable bonds is 4. The number of fused-ring (bicyclic) bond motifs is 1. The summed E-state index contributed by atoms with van der Waals surface area (Å²) in [5.74, 6) is -0.983. The quantitative estimate of drug-likeness (QED) is 0.301. The Labute approximate surface area is 157 Å². The summed E-state index contributed by atoms with van der Waals surface area (Å²) in [6, 6.07) is 10.8. The van der Waals surface area contributed by atoms with Gasteiger partial charge in [0.1, 0.15) is 11.6 Å². The van der Waals surface area contributed by atoms with Crippen molar-refractivity contribution in [2.24, 2.45) is 0 Å². The van der Waals surface area contributed by atoms with Gasteiger partial charge in [0, 0.05) is 34.4 Å². The molecule has 27 heavy (non-hydrogen) atoms. The minimum Gasteiger partial charge on any atom is -0.423 e. The van der Waals surface area contributed by atoms with E-state index in [1.165, 1.54) is 22.3 Å².